The van der Waals surface area contributed by atoms with E-state index in [4.69, 9.17) is 20.9 Å². The van der Waals surface area contributed by atoms with Gasteiger partial charge in [-0.2, -0.15) is 4.98 Å². The largest absolute Gasteiger partial charge is 0.476 e. The van der Waals surface area contributed by atoms with Crippen molar-refractivity contribution in [3.8, 4) is 5.88 Å². The number of methoxy groups -OCH3 is 1. The van der Waals surface area contributed by atoms with E-state index in [1.807, 2.05) is 6.92 Å². The van der Waals surface area contributed by atoms with Crippen LogP contribution < -0.4 is 16.2 Å². The number of hydrogen-bond donors (Lipinski definition) is 2. The van der Waals surface area contributed by atoms with Crippen molar-refractivity contribution in [1.82, 2.24) is 9.97 Å². The monoisotopic (exact) mass is 212 g/mol. The van der Waals surface area contributed by atoms with Crippen molar-refractivity contribution in [2.24, 2.45) is 0 Å². The van der Waals surface area contributed by atoms with Gasteiger partial charge in [-0.15, -0.1) is 0 Å². The van der Waals surface area contributed by atoms with Crippen LogP contribution in [0.3, 0.4) is 0 Å². The van der Waals surface area contributed by atoms with Crippen molar-refractivity contribution in [1.29, 1.82) is 0 Å². The van der Waals surface area contributed by atoms with Crippen LogP contribution in [0, 0.1) is 0 Å². The molecule has 0 aliphatic carbocycles. The molecule has 0 aliphatic rings. The molecule has 0 bridgehead atoms. The first-order valence-corrected chi connectivity index (χ1v) is 4.72. The van der Waals surface area contributed by atoms with Gasteiger partial charge in [0.25, 0.3) is 0 Å². The summed E-state index contributed by atoms with van der Waals surface area (Å²) in [6, 6.07) is 0. The van der Waals surface area contributed by atoms with Gasteiger partial charge in [-0.25, -0.2) is 4.98 Å². The molecule has 1 aromatic heterocycles. The third kappa shape index (κ3) is 2.95. The smallest absolute Gasteiger partial charge is 0.242 e. The second-order valence-corrected chi connectivity index (χ2v) is 3.03. The lowest BCUT2D eigenvalue weighted by atomic mass is 10.4. The second-order valence-electron chi connectivity index (χ2n) is 3.03. The third-order valence-corrected chi connectivity index (χ3v) is 1.70. The zero-order chi connectivity index (χ0) is 11.3. The van der Waals surface area contributed by atoms with E-state index in [-0.39, 0.29) is 18.1 Å². The first-order chi connectivity index (χ1) is 7.19. The molecule has 0 radical (unpaired) electrons. The van der Waals surface area contributed by atoms with Crippen molar-refractivity contribution >= 4 is 11.5 Å². The molecule has 4 N–H and O–H groups in total. The molecule has 1 rings (SSSR count). The van der Waals surface area contributed by atoms with Crippen LogP contribution in [-0.2, 0) is 11.3 Å². The van der Waals surface area contributed by atoms with Gasteiger partial charge in [0.2, 0.25) is 5.88 Å². The van der Waals surface area contributed by atoms with Gasteiger partial charge in [0.15, 0.2) is 11.6 Å². The molecular weight excluding hydrogens is 196 g/mol. The van der Waals surface area contributed by atoms with Crippen molar-refractivity contribution in [3.05, 3.63) is 5.82 Å². The van der Waals surface area contributed by atoms with E-state index in [2.05, 4.69) is 9.97 Å². The normalized spacial score (nSPS) is 10.3. The molecule has 0 atom stereocenters. The van der Waals surface area contributed by atoms with E-state index in [9.17, 15) is 0 Å². The minimum absolute atomic E-state index is 0.225. The maximum Gasteiger partial charge on any atom is 0.242 e. The van der Waals surface area contributed by atoms with Crippen LogP contribution in [-0.4, -0.2) is 23.7 Å². The van der Waals surface area contributed by atoms with Gasteiger partial charge >= 0.3 is 0 Å². The Morgan fingerprint density at radius 1 is 1.27 bits per heavy atom. The molecule has 0 fully saturated rings. The van der Waals surface area contributed by atoms with Crippen LogP contribution in [0.2, 0.25) is 0 Å². The lowest BCUT2D eigenvalue weighted by Crippen LogP contribution is -2.09. The Morgan fingerprint density at radius 3 is 2.60 bits per heavy atom. The van der Waals surface area contributed by atoms with Gasteiger partial charge < -0.3 is 20.9 Å². The summed E-state index contributed by atoms with van der Waals surface area (Å²) >= 11 is 0. The van der Waals surface area contributed by atoms with Crippen LogP contribution in [0.25, 0.3) is 0 Å². The molecule has 0 saturated heterocycles. The SMILES string of the molecule is CCCOc1nc(COC)nc(N)c1N. The lowest BCUT2D eigenvalue weighted by Gasteiger charge is -2.09. The molecule has 0 spiro atoms. The van der Waals surface area contributed by atoms with E-state index in [1.165, 1.54) is 0 Å². The maximum absolute atomic E-state index is 5.67. The third-order valence-electron chi connectivity index (χ3n) is 1.70. The maximum atomic E-state index is 5.67. The topological polar surface area (TPSA) is 96.3 Å². The number of nitrogens with zero attached hydrogens (tertiary/aromatic N) is 2. The van der Waals surface area contributed by atoms with Crippen molar-refractivity contribution in [2.75, 3.05) is 25.2 Å². The zero-order valence-corrected chi connectivity index (χ0v) is 8.99. The summed E-state index contributed by atoms with van der Waals surface area (Å²) in [5, 5.41) is 0. The molecule has 15 heavy (non-hydrogen) atoms. The number of nitrogens with two attached hydrogens (primary N) is 2. The van der Waals surface area contributed by atoms with Crippen LogP contribution in [0.15, 0.2) is 0 Å². The predicted molar refractivity (Wildman–Crippen MR) is 57.4 cm³/mol. The number of aromatic nitrogens is 2. The highest BCUT2D eigenvalue weighted by atomic mass is 16.5. The highest BCUT2D eigenvalue weighted by molar-refractivity contribution is 5.64. The summed E-state index contributed by atoms with van der Waals surface area (Å²) in [5.41, 5.74) is 11.6. The zero-order valence-electron chi connectivity index (χ0n) is 8.99. The van der Waals surface area contributed by atoms with Crippen molar-refractivity contribution < 1.29 is 9.47 Å². The summed E-state index contributed by atoms with van der Waals surface area (Å²) in [5.74, 6) is 1.02. The molecule has 0 saturated carbocycles. The Labute approximate surface area is 88.6 Å². The molecule has 6 heteroatoms. The van der Waals surface area contributed by atoms with E-state index >= 15 is 0 Å². The number of hydrogen-bond acceptors (Lipinski definition) is 6. The van der Waals surface area contributed by atoms with E-state index in [0.717, 1.165) is 6.42 Å². The lowest BCUT2D eigenvalue weighted by molar-refractivity contribution is 0.176. The van der Waals surface area contributed by atoms with Crippen LogP contribution >= 0.6 is 0 Å². The van der Waals surface area contributed by atoms with Crippen LogP contribution in [0.1, 0.15) is 19.2 Å². The fraction of sp³-hybridized carbons (Fsp3) is 0.556. The Hall–Kier alpha value is -1.56. The fourth-order valence-corrected chi connectivity index (χ4v) is 1.01. The fourth-order valence-electron chi connectivity index (χ4n) is 1.01. The van der Waals surface area contributed by atoms with Gasteiger partial charge in [-0.3, -0.25) is 0 Å². The highest BCUT2D eigenvalue weighted by Crippen LogP contribution is 2.23. The number of nitrogen functional groups attached to an aromatic ring is 2. The number of anilines is 2. The molecule has 0 aromatic carbocycles. The summed E-state index contributed by atoms with van der Waals surface area (Å²) in [6.07, 6.45) is 0.878. The van der Waals surface area contributed by atoms with Crippen LogP contribution in [0.5, 0.6) is 5.88 Å². The molecular formula is C9H16N4O2. The predicted octanol–water partition coefficient (Wildman–Crippen LogP) is 0.576. The van der Waals surface area contributed by atoms with Gasteiger partial charge in [-0.05, 0) is 6.42 Å². The average Bonchev–Trinajstić information content (AvgIpc) is 2.21. The van der Waals surface area contributed by atoms with Gasteiger partial charge in [0.05, 0.1) is 6.61 Å². The molecule has 1 heterocycles. The molecule has 6 nitrogen and oxygen atoms in total. The molecule has 84 valence electrons. The van der Waals surface area contributed by atoms with Gasteiger partial charge in [0, 0.05) is 7.11 Å². The Morgan fingerprint density at radius 2 is 2.00 bits per heavy atom. The first-order valence-electron chi connectivity index (χ1n) is 4.72. The second kappa shape index (κ2) is 5.35. The molecule has 0 aliphatic heterocycles. The number of ether oxygens (including phenoxy) is 2. The van der Waals surface area contributed by atoms with E-state index < -0.39 is 0 Å². The Bertz CT molecular complexity index is 330. The van der Waals surface area contributed by atoms with Crippen LogP contribution in [0.4, 0.5) is 11.5 Å². The number of rotatable bonds is 5. The average molecular weight is 212 g/mol. The molecule has 0 amide bonds. The standard InChI is InChI=1S/C9H16N4O2/c1-3-4-15-9-7(10)8(11)12-6(13-9)5-14-2/h3-5,10H2,1-2H3,(H2,11,12,13). The Balaban J connectivity index is 2.91. The minimum Gasteiger partial charge on any atom is -0.476 e. The quantitative estimate of drug-likeness (QED) is 0.741. The summed E-state index contributed by atoms with van der Waals surface area (Å²) in [4.78, 5) is 8.06. The minimum atomic E-state index is 0.225. The van der Waals surface area contributed by atoms with E-state index in [1.54, 1.807) is 7.11 Å². The van der Waals surface area contributed by atoms with E-state index in [0.29, 0.717) is 18.3 Å². The Kier molecular flexibility index (Phi) is 4.11. The van der Waals surface area contributed by atoms with Crippen molar-refractivity contribution in [2.45, 2.75) is 20.0 Å². The molecule has 1 aromatic rings. The molecule has 0 unspecified atom stereocenters. The summed E-state index contributed by atoms with van der Waals surface area (Å²) < 4.78 is 10.2. The summed E-state index contributed by atoms with van der Waals surface area (Å²) in [6.45, 7) is 2.83. The summed E-state index contributed by atoms with van der Waals surface area (Å²) in [7, 11) is 1.56. The first kappa shape index (κ1) is 11.5. The van der Waals surface area contributed by atoms with Crippen molar-refractivity contribution in [3.63, 3.8) is 0 Å². The highest BCUT2D eigenvalue weighted by Gasteiger charge is 2.10. The van der Waals surface area contributed by atoms with Gasteiger partial charge in [-0.1, -0.05) is 6.92 Å². The van der Waals surface area contributed by atoms with Gasteiger partial charge in [0.1, 0.15) is 12.3 Å².